The molecule has 2 saturated carbocycles. The van der Waals surface area contributed by atoms with E-state index in [1.807, 2.05) is 0 Å². The number of halogens is 4. The van der Waals surface area contributed by atoms with E-state index in [1.165, 1.54) is 31.7 Å². The standard InChI is InChI=1S/C14H14BrClF2/c15-14(13-7-3-1-2-4-8(7)13)9-5-11(17)12(18)6-10(9)16/h5-8,13-14H,1-4H2. The summed E-state index contributed by atoms with van der Waals surface area (Å²) in [7, 11) is 0. The van der Waals surface area contributed by atoms with Gasteiger partial charge in [-0.2, -0.15) is 0 Å². The van der Waals surface area contributed by atoms with E-state index in [0.29, 0.717) is 16.5 Å². The highest BCUT2D eigenvalue weighted by atomic mass is 79.9. The van der Waals surface area contributed by atoms with Crippen LogP contribution in [0.1, 0.15) is 36.1 Å². The van der Waals surface area contributed by atoms with Gasteiger partial charge in [-0.15, -0.1) is 0 Å². The summed E-state index contributed by atoms with van der Waals surface area (Å²) < 4.78 is 26.4. The SMILES string of the molecule is Fc1cc(Cl)c(C(Br)C2C3CCCCC32)cc1F. The average molecular weight is 336 g/mol. The van der Waals surface area contributed by atoms with E-state index in [2.05, 4.69) is 15.9 Å². The lowest BCUT2D eigenvalue weighted by Crippen LogP contribution is -1.99. The molecule has 3 rings (SSSR count). The third kappa shape index (κ3) is 2.09. The first kappa shape index (κ1) is 12.9. The second-order valence-corrected chi connectivity index (χ2v) is 6.77. The van der Waals surface area contributed by atoms with Crippen molar-refractivity contribution in [2.24, 2.45) is 17.8 Å². The lowest BCUT2D eigenvalue weighted by atomic mass is 10.0. The van der Waals surface area contributed by atoms with Crippen molar-refractivity contribution in [3.05, 3.63) is 34.4 Å². The molecule has 0 aromatic heterocycles. The number of hydrogen-bond acceptors (Lipinski definition) is 0. The monoisotopic (exact) mass is 334 g/mol. The van der Waals surface area contributed by atoms with Gasteiger partial charge in [0.25, 0.3) is 0 Å². The van der Waals surface area contributed by atoms with Crippen molar-refractivity contribution >= 4 is 27.5 Å². The summed E-state index contributed by atoms with van der Waals surface area (Å²) in [6.07, 6.45) is 5.11. The number of hydrogen-bond donors (Lipinski definition) is 0. The highest BCUT2D eigenvalue weighted by Crippen LogP contribution is 2.63. The Balaban J connectivity index is 1.85. The van der Waals surface area contributed by atoms with Gasteiger partial charge >= 0.3 is 0 Å². The van der Waals surface area contributed by atoms with Crippen LogP contribution in [0.15, 0.2) is 12.1 Å². The van der Waals surface area contributed by atoms with E-state index >= 15 is 0 Å². The summed E-state index contributed by atoms with van der Waals surface area (Å²) >= 11 is 9.67. The Labute approximate surface area is 119 Å². The van der Waals surface area contributed by atoms with E-state index in [-0.39, 0.29) is 4.83 Å². The largest absolute Gasteiger partial charge is 0.204 e. The van der Waals surface area contributed by atoms with E-state index in [1.54, 1.807) is 0 Å². The molecule has 1 aromatic rings. The number of fused-ring (bicyclic) bond motifs is 1. The molecular weight excluding hydrogens is 322 g/mol. The zero-order chi connectivity index (χ0) is 12.9. The van der Waals surface area contributed by atoms with Gasteiger partial charge in [0.05, 0.1) is 0 Å². The van der Waals surface area contributed by atoms with Crippen LogP contribution in [0, 0.1) is 29.4 Å². The third-order valence-electron chi connectivity index (χ3n) is 4.40. The van der Waals surface area contributed by atoms with Crippen molar-refractivity contribution < 1.29 is 8.78 Å². The van der Waals surface area contributed by atoms with Crippen LogP contribution < -0.4 is 0 Å². The quantitative estimate of drug-likeness (QED) is 0.495. The Morgan fingerprint density at radius 1 is 1.11 bits per heavy atom. The van der Waals surface area contributed by atoms with Gasteiger partial charge in [0.2, 0.25) is 0 Å². The van der Waals surface area contributed by atoms with Crippen LogP contribution in [0.4, 0.5) is 8.78 Å². The van der Waals surface area contributed by atoms with Gasteiger partial charge < -0.3 is 0 Å². The van der Waals surface area contributed by atoms with E-state index < -0.39 is 11.6 Å². The molecular formula is C14H14BrClF2. The van der Waals surface area contributed by atoms with Gasteiger partial charge in [-0.25, -0.2) is 8.78 Å². The van der Waals surface area contributed by atoms with Gasteiger partial charge in [-0.3, -0.25) is 0 Å². The van der Waals surface area contributed by atoms with Crippen LogP contribution in [-0.2, 0) is 0 Å². The zero-order valence-corrected chi connectivity index (χ0v) is 12.1. The molecule has 0 amide bonds. The Morgan fingerprint density at radius 2 is 1.67 bits per heavy atom. The number of alkyl halides is 1. The Bertz CT molecular complexity index is 465. The highest BCUT2D eigenvalue weighted by molar-refractivity contribution is 9.09. The summed E-state index contributed by atoms with van der Waals surface area (Å²) in [5.41, 5.74) is 0.690. The highest BCUT2D eigenvalue weighted by Gasteiger charge is 2.54. The topological polar surface area (TPSA) is 0 Å². The minimum absolute atomic E-state index is 0.0493. The molecule has 0 aliphatic heterocycles. The number of rotatable bonds is 2. The molecule has 2 fully saturated rings. The minimum Gasteiger partial charge on any atom is -0.204 e. The molecule has 98 valence electrons. The van der Waals surface area contributed by atoms with Crippen LogP contribution in [-0.4, -0.2) is 0 Å². The molecule has 0 bridgehead atoms. The average Bonchev–Trinajstić information content (AvgIpc) is 3.07. The van der Waals surface area contributed by atoms with Crippen molar-refractivity contribution in [2.45, 2.75) is 30.5 Å². The predicted molar refractivity (Wildman–Crippen MR) is 72.0 cm³/mol. The van der Waals surface area contributed by atoms with Crippen molar-refractivity contribution in [3.8, 4) is 0 Å². The number of benzene rings is 1. The molecule has 4 heteroatoms. The molecule has 2 aliphatic rings. The van der Waals surface area contributed by atoms with E-state index in [0.717, 1.165) is 17.9 Å². The molecule has 0 spiro atoms. The van der Waals surface area contributed by atoms with Crippen LogP contribution >= 0.6 is 27.5 Å². The maximum absolute atomic E-state index is 13.3. The molecule has 2 aliphatic carbocycles. The molecule has 1 aromatic carbocycles. The van der Waals surface area contributed by atoms with Crippen LogP contribution in [0.25, 0.3) is 0 Å². The van der Waals surface area contributed by atoms with Gasteiger partial charge in [-0.1, -0.05) is 40.4 Å². The second kappa shape index (κ2) is 4.75. The maximum atomic E-state index is 13.3. The Kier molecular flexibility index (Phi) is 3.39. The second-order valence-electron chi connectivity index (χ2n) is 5.38. The Hall–Kier alpha value is -0.150. The van der Waals surface area contributed by atoms with Crippen molar-refractivity contribution in [1.29, 1.82) is 0 Å². The van der Waals surface area contributed by atoms with Gasteiger partial charge in [0.1, 0.15) is 0 Å². The first-order valence-electron chi connectivity index (χ1n) is 6.38. The molecule has 0 nitrogen and oxygen atoms in total. The van der Waals surface area contributed by atoms with Crippen LogP contribution in [0.2, 0.25) is 5.02 Å². The Morgan fingerprint density at radius 3 is 2.28 bits per heavy atom. The first-order chi connectivity index (χ1) is 8.59. The minimum atomic E-state index is -0.878. The molecule has 18 heavy (non-hydrogen) atoms. The van der Waals surface area contributed by atoms with E-state index in [4.69, 9.17) is 11.6 Å². The fourth-order valence-electron chi connectivity index (χ4n) is 3.44. The summed E-state index contributed by atoms with van der Waals surface area (Å²) in [5.74, 6) is 0.327. The van der Waals surface area contributed by atoms with Gasteiger partial charge in [0, 0.05) is 9.85 Å². The smallest absolute Gasteiger partial charge is 0.160 e. The van der Waals surface area contributed by atoms with Crippen LogP contribution in [0.3, 0.4) is 0 Å². The van der Waals surface area contributed by atoms with Gasteiger partial charge in [0.15, 0.2) is 11.6 Å². The molecule has 3 unspecified atom stereocenters. The van der Waals surface area contributed by atoms with Gasteiger partial charge in [-0.05, 0) is 48.3 Å². The van der Waals surface area contributed by atoms with Crippen molar-refractivity contribution in [2.75, 3.05) is 0 Å². The van der Waals surface area contributed by atoms with E-state index in [9.17, 15) is 8.78 Å². The molecule has 0 radical (unpaired) electrons. The molecule has 0 saturated heterocycles. The lowest BCUT2D eigenvalue weighted by molar-refractivity contribution is 0.480. The fourth-order valence-corrected chi connectivity index (χ4v) is 5.00. The fraction of sp³-hybridized carbons (Fsp3) is 0.571. The third-order valence-corrected chi connectivity index (χ3v) is 5.83. The summed E-state index contributed by atoms with van der Waals surface area (Å²) in [6, 6.07) is 2.31. The normalized spacial score (nSPS) is 31.9. The first-order valence-corrected chi connectivity index (χ1v) is 7.67. The summed E-state index contributed by atoms with van der Waals surface area (Å²) in [6.45, 7) is 0. The molecule has 3 atom stereocenters. The molecule has 0 heterocycles. The zero-order valence-electron chi connectivity index (χ0n) is 9.80. The maximum Gasteiger partial charge on any atom is 0.160 e. The summed E-state index contributed by atoms with van der Waals surface area (Å²) in [4.78, 5) is 0.0493. The summed E-state index contributed by atoms with van der Waals surface area (Å²) in [5, 5.41) is 0.319. The van der Waals surface area contributed by atoms with Crippen molar-refractivity contribution in [1.82, 2.24) is 0 Å². The van der Waals surface area contributed by atoms with Crippen LogP contribution in [0.5, 0.6) is 0 Å². The molecule has 0 N–H and O–H groups in total. The lowest BCUT2D eigenvalue weighted by Gasteiger charge is -2.12. The van der Waals surface area contributed by atoms with Crippen molar-refractivity contribution in [3.63, 3.8) is 0 Å². The predicted octanol–water partition coefficient (Wildman–Crippen LogP) is 5.49.